The van der Waals surface area contributed by atoms with E-state index in [1.54, 1.807) is 0 Å². The zero-order valence-electron chi connectivity index (χ0n) is 11.2. The minimum absolute atomic E-state index is 0.0687. The Morgan fingerprint density at radius 3 is 2.44 bits per heavy atom. The summed E-state index contributed by atoms with van der Waals surface area (Å²) in [5.41, 5.74) is 6.68. The van der Waals surface area contributed by atoms with Crippen LogP contribution in [0.3, 0.4) is 0 Å². The minimum atomic E-state index is 0.0687. The molecule has 1 aromatic rings. The lowest BCUT2D eigenvalue weighted by Crippen LogP contribution is -2.26. The Balaban J connectivity index is 2.21. The van der Waals surface area contributed by atoms with Crippen molar-refractivity contribution in [3.8, 4) is 5.88 Å². The third-order valence-corrected chi connectivity index (χ3v) is 3.08. The Kier molecular flexibility index (Phi) is 4.23. The molecule has 2 heterocycles. The lowest BCUT2D eigenvalue weighted by atomic mass is 10.2. The molecule has 5 heteroatoms. The molecule has 2 N–H and O–H groups in total. The first-order valence-corrected chi connectivity index (χ1v) is 6.70. The fourth-order valence-corrected chi connectivity index (χ4v) is 2.22. The molecule has 1 aromatic heterocycles. The van der Waals surface area contributed by atoms with E-state index >= 15 is 0 Å². The molecule has 2 rings (SSSR count). The molecule has 100 valence electrons. The van der Waals surface area contributed by atoms with Gasteiger partial charge in [-0.2, -0.15) is 4.98 Å². The summed E-state index contributed by atoms with van der Waals surface area (Å²) in [5.74, 6) is 1.32. The van der Waals surface area contributed by atoms with Gasteiger partial charge in [0.05, 0.1) is 6.10 Å². The highest BCUT2D eigenvalue weighted by atomic mass is 16.5. The van der Waals surface area contributed by atoms with Crippen LogP contribution in [0, 0.1) is 0 Å². The molecular formula is C13H22N4O. The molecule has 0 aliphatic carbocycles. The fraction of sp³-hybridized carbons (Fsp3) is 0.692. The van der Waals surface area contributed by atoms with E-state index in [-0.39, 0.29) is 6.10 Å². The van der Waals surface area contributed by atoms with Crippen molar-refractivity contribution < 1.29 is 4.74 Å². The molecule has 1 saturated heterocycles. The summed E-state index contributed by atoms with van der Waals surface area (Å²) in [5, 5.41) is 0. The minimum Gasteiger partial charge on any atom is -0.473 e. The van der Waals surface area contributed by atoms with Gasteiger partial charge in [-0.1, -0.05) is 12.8 Å². The Hall–Kier alpha value is -1.52. The summed E-state index contributed by atoms with van der Waals surface area (Å²) in [6.07, 6.45) is 6.58. The second kappa shape index (κ2) is 5.89. The average molecular weight is 250 g/mol. The molecule has 1 fully saturated rings. The average Bonchev–Trinajstić information content (AvgIpc) is 2.60. The van der Waals surface area contributed by atoms with Gasteiger partial charge < -0.3 is 15.4 Å². The predicted molar refractivity (Wildman–Crippen MR) is 72.9 cm³/mol. The number of hydrogen-bond acceptors (Lipinski definition) is 5. The van der Waals surface area contributed by atoms with Crippen molar-refractivity contribution in [2.75, 3.05) is 23.7 Å². The molecule has 18 heavy (non-hydrogen) atoms. The van der Waals surface area contributed by atoms with Crippen LogP contribution >= 0.6 is 0 Å². The molecule has 1 aliphatic rings. The maximum absolute atomic E-state index is 6.12. The van der Waals surface area contributed by atoms with Crippen LogP contribution in [0.2, 0.25) is 0 Å². The van der Waals surface area contributed by atoms with Crippen molar-refractivity contribution >= 4 is 11.5 Å². The van der Waals surface area contributed by atoms with Gasteiger partial charge in [0.1, 0.15) is 12.0 Å². The first-order chi connectivity index (χ1) is 8.68. The van der Waals surface area contributed by atoms with Gasteiger partial charge in [0.15, 0.2) is 5.82 Å². The second-order valence-electron chi connectivity index (χ2n) is 4.98. The largest absolute Gasteiger partial charge is 0.473 e. The highest BCUT2D eigenvalue weighted by Gasteiger charge is 2.17. The van der Waals surface area contributed by atoms with Crippen LogP contribution in [0.1, 0.15) is 39.5 Å². The van der Waals surface area contributed by atoms with E-state index in [1.807, 2.05) is 13.8 Å². The first-order valence-electron chi connectivity index (χ1n) is 6.70. The number of rotatable bonds is 3. The Morgan fingerprint density at radius 2 is 1.83 bits per heavy atom. The van der Waals surface area contributed by atoms with Gasteiger partial charge in [-0.25, -0.2) is 4.98 Å². The summed E-state index contributed by atoms with van der Waals surface area (Å²) in [7, 11) is 0. The SMILES string of the molecule is CC(C)Oc1ncnc(N2CCCCCC2)c1N. The number of nitrogens with zero attached hydrogens (tertiary/aromatic N) is 3. The van der Waals surface area contributed by atoms with Crippen LogP contribution in [-0.4, -0.2) is 29.2 Å². The van der Waals surface area contributed by atoms with E-state index in [9.17, 15) is 0 Å². The summed E-state index contributed by atoms with van der Waals surface area (Å²) in [6, 6.07) is 0. The van der Waals surface area contributed by atoms with Gasteiger partial charge in [-0.15, -0.1) is 0 Å². The maximum Gasteiger partial charge on any atom is 0.242 e. The van der Waals surface area contributed by atoms with E-state index < -0.39 is 0 Å². The molecule has 0 radical (unpaired) electrons. The van der Waals surface area contributed by atoms with Crippen LogP contribution in [0.25, 0.3) is 0 Å². The number of nitrogen functional groups attached to an aromatic ring is 1. The second-order valence-corrected chi connectivity index (χ2v) is 4.98. The van der Waals surface area contributed by atoms with Gasteiger partial charge >= 0.3 is 0 Å². The number of nitrogens with two attached hydrogens (primary N) is 1. The summed E-state index contributed by atoms with van der Waals surface area (Å²) in [4.78, 5) is 10.7. The van der Waals surface area contributed by atoms with Crippen LogP contribution in [0.15, 0.2) is 6.33 Å². The Bertz CT molecular complexity index is 387. The molecule has 1 aliphatic heterocycles. The topological polar surface area (TPSA) is 64.3 Å². The van der Waals surface area contributed by atoms with Gasteiger partial charge in [-0.05, 0) is 26.7 Å². The van der Waals surface area contributed by atoms with E-state index in [1.165, 1.54) is 32.0 Å². The van der Waals surface area contributed by atoms with Crippen molar-refractivity contribution in [2.45, 2.75) is 45.6 Å². The highest BCUT2D eigenvalue weighted by Crippen LogP contribution is 2.29. The maximum atomic E-state index is 6.12. The van der Waals surface area contributed by atoms with Gasteiger partial charge in [0.2, 0.25) is 5.88 Å². The highest BCUT2D eigenvalue weighted by molar-refractivity contribution is 5.67. The molecule has 0 spiro atoms. The summed E-state index contributed by atoms with van der Waals surface area (Å²) in [6.45, 7) is 5.96. The molecule has 0 atom stereocenters. The predicted octanol–water partition coefficient (Wildman–Crippen LogP) is 2.23. The zero-order chi connectivity index (χ0) is 13.0. The number of aromatic nitrogens is 2. The van der Waals surface area contributed by atoms with E-state index in [4.69, 9.17) is 10.5 Å². The first kappa shape index (κ1) is 12.9. The van der Waals surface area contributed by atoms with Gasteiger partial charge in [0.25, 0.3) is 0 Å². The van der Waals surface area contributed by atoms with Crippen molar-refractivity contribution in [3.63, 3.8) is 0 Å². The molecule has 0 saturated carbocycles. The standard InChI is InChI=1S/C13H22N4O/c1-10(2)18-13-11(14)12(15-9-16-13)17-7-5-3-4-6-8-17/h9-10H,3-8,14H2,1-2H3. The summed E-state index contributed by atoms with van der Waals surface area (Å²) < 4.78 is 5.60. The molecule has 5 nitrogen and oxygen atoms in total. The molecule has 0 aromatic carbocycles. The van der Waals surface area contributed by atoms with E-state index in [2.05, 4.69) is 14.9 Å². The third kappa shape index (κ3) is 3.03. The molecule has 0 amide bonds. The van der Waals surface area contributed by atoms with Crippen molar-refractivity contribution in [3.05, 3.63) is 6.33 Å². The van der Waals surface area contributed by atoms with Gasteiger partial charge in [-0.3, -0.25) is 0 Å². The van der Waals surface area contributed by atoms with Gasteiger partial charge in [0, 0.05) is 13.1 Å². The quantitative estimate of drug-likeness (QED) is 0.891. The van der Waals surface area contributed by atoms with Crippen molar-refractivity contribution in [1.82, 2.24) is 9.97 Å². The Morgan fingerprint density at radius 1 is 1.17 bits per heavy atom. The zero-order valence-corrected chi connectivity index (χ0v) is 11.2. The van der Waals surface area contributed by atoms with Crippen LogP contribution in [0.5, 0.6) is 5.88 Å². The van der Waals surface area contributed by atoms with Crippen LogP contribution < -0.4 is 15.4 Å². The van der Waals surface area contributed by atoms with Crippen LogP contribution in [0.4, 0.5) is 11.5 Å². The lowest BCUT2D eigenvalue weighted by molar-refractivity contribution is 0.234. The monoisotopic (exact) mass is 250 g/mol. The van der Waals surface area contributed by atoms with E-state index in [0.717, 1.165) is 18.9 Å². The van der Waals surface area contributed by atoms with Crippen LogP contribution in [-0.2, 0) is 0 Å². The smallest absolute Gasteiger partial charge is 0.242 e. The third-order valence-electron chi connectivity index (χ3n) is 3.08. The summed E-state index contributed by atoms with van der Waals surface area (Å²) >= 11 is 0. The fourth-order valence-electron chi connectivity index (χ4n) is 2.22. The number of anilines is 2. The van der Waals surface area contributed by atoms with E-state index in [0.29, 0.717) is 11.6 Å². The molecule has 0 unspecified atom stereocenters. The Labute approximate surface area is 108 Å². The molecular weight excluding hydrogens is 228 g/mol. The normalized spacial score (nSPS) is 16.7. The van der Waals surface area contributed by atoms with Crippen molar-refractivity contribution in [2.24, 2.45) is 0 Å². The molecule has 0 bridgehead atoms. The van der Waals surface area contributed by atoms with Crippen molar-refractivity contribution in [1.29, 1.82) is 0 Å². The lowest BCUT2D eigenvalue weighted by Gasteiger charge is -2.23. The number of hydrogen-bond donors (Lipinski definition) is 1. The number of ether oxygens (including phenoxy) is 1.